The van der Waals surface area contributed by atoms with Gasteiger partial charge in [-0.15, -0.1) is 0 Å². The third-order valence-electron chi connectivity index (χ3n) is 1.84. The van der Waals surface area contributed by atoms with Crippen LogP contribution >= 0.6 is 7.26 Å². The van der Waals surface area contributed by atoms with Gasteiger partial charge in [-0.25, -0.2) is 0 Å². The van der Waals surface area contributed by atoms with Crippen molar-refractivity contribution < 1.29 is 0 Å². The van der Waals surface area contributed by atoms with Crippen LogP contribution in [-0.4, -0.2) is 20.0 Å². The van der Waals surface area contributed by atoms with Crippen LogP contribution in [0.15, 0.2) is 24.3 Å². The largest absolute Gasteiger partial charge is 0.0959 e. The zero-order chi connectivity index (χ0) is 8.48. The van der Waals surface area contributed by atoms with Crippen molar-refractivity contribution in [3.63, 3.8) is 0 Å². The molecule has 1 aromatic carbocycles. The van der Waals surface area contributed by atoms with Crippen molar-refractivity contribution in [1.29, 1.82) is 0 Å². The van der Waals surface area contributed by atoms with E-state index in [0.29, 0.717) is 0 Å². The number of rotatable bonds is 1. The minimum atomic E-state index is -0.806. The zero-order valence-electron chi connectivity index (χ0n) is 7.76. The smallest absolute Gasteiger partial charge is 0.0617 e. The maximum atomic E-state index is 2.36. The zero-order valence-corrected chi connectivity index (χ0v) is 8.65. The standard InChI is InChI=1S/C10H16P/c1-9-7-5-6-8-10(9)11(2,3)4/h5-8H,1-4H3/q+1. The van der Waals surface area contributed by atoms with Gasteiger partial charge in [-0.05, 0) is 18.6 Å². The average molecular weight is 167 g/mol. The minimum Gasteiger partial charge on any atom is -0.0617 e. The summed E-state index contributed by atoms with van der Waals surface area (Å²) < 4.78 is 0. The Kier molecular flexibility index (Phi) is 2.34. The number of aryl methyl sites for hydroxylation is 1. The fourth-order valence-corrected chi connectivity index (χ4v) is 2.98. The minimum absolute atomic E-state index is 0.806. The fourth-order valence-electron chi connectivity index (χ4n) is 1.32. The topological polar surface area (TPSA) is 0 Å². The van der Waals surface area contributed by atoms with E-state index in [1.165, 1.54) is 5.56 Å². The van der Waals surface area contributed by atoms with Crippen molar-refractivity contribution in [1.82, 2.24) is 0 Å². The average Bonchev–Trinajstić information content (AvgIpc) is 1.86. The molecule has 1 rings (SSSR count). The lowest BCUT2D eigenvalue weighted by molar-refractivity contribution is 1.51. The monoisotopic (exact) mass is 167 g/mol. The van der Waals surface area contributed by atoms with Gasteiger partial charge in [-0.1, -0.05) is 18.2 Å². The summed E-state index contributed by atoms with van der Waals surface area (Å²) in [5.74, 6) is 0. The van der Waals surface area contributed by atoms with Crippen molar-refractivity contribution >= 4 is 12.6 Å². The highest BCUT2D eigenvalue weighted by atomic mass is 31.2. The molecular weight excluding hydrogens is 151 g/mol. The Morgan fingerprint density at radius 3 is 1.91 bits per heavy atom. The predicted octanol–water partition coefficient (Wildman–Crippen LogP) is 2.53. The second kappa shape index (κ2) is 2.95. The van der Waals surface area contributed by atoms with Crippen LogP contribution in [-0.2, 0) is 0 Å². The Morgan fingerprint density at radius 1 is 1.00 bits per heavy atom. The highest BCUT2D eigenvalue weighted by molar-refractivity contribution is 7.81. The van der Waals surface area contributed by atoms with E-state index in [2.05, 4.69) is 51.2 Å². The van der Waals surface area contributed by atoms with Crippen molar-refractivity contribution in [2.75, 3.05) is 20.0 Å². The number of hydrogen-bond acceptors (Lipinski definition) is 0. The van der Waals surface area contributed by atoms with Crippen LogP contribution in [0.25, 0.3) is 0 Å². The summed E-state index contributed by atoms with van der Waals surface area (Å²) in [6, 6.07) is 8.69. The van der Waals surface area contributed by atoms with E-state index >= 15 is 0 Å². The van der Waals surface area contributed by atoms with Crippen LogP contribution in [0.1, 0.15) is 5.56 Å². The van der Waals surface area contributed by atoms with E-state index in [1.54, 1.807) is 5.30 Å². The molecule has 0 aliphatic carbocycles. The first-order valence-corrected chi connectivity index (χ1v) is 7.02. The molecule has 0 bridgehead atoms. The van der Waals surface area contributed by atoms with Gasteiger partial charge < -0.3 is 0 Å². The summed E-state index contributed by atoms with van der Waals surface area (Å²) >= 11 is 0. The molecular formula is C10H16P+. The number of hydrogen-bond donors (Lipinski definition) is 0. The van der Waals surface area contributed by atoms with Gasteiger partial charge in [-0.3, -0.25) is 0 Å². The second-order valence-corrected chi connectivity index (χ2v) is 8.31. The Bertz CT molecular complexity index is 245. The normalized spacial score (nSPS) is 11.6. The van der Waals surface area contributed by atoms with E-state index in [0.717, 1.165) is 0 Å². The summed E-state index contributed by atoms with van der Waals surface area (Å²) in [5.41, 5.74) is 1.44. The summed E-state index contributed by atoms with van der Waals surface area (Å²) in [5, 5.41) is 1.56. The van der Waals surface area contributed by atoms with Crippen molar-refractivity contribution in [2.45, 2.75) is 6.92 Å². The first-order valence-electron chi connectivity index (χ1n) is 3.89. The molecule has 0 unspecified atom stereocenters. The van der Waals surface area contributed by atoms with E-state index in [4.69, 9.17) is 0 Å². The van der Waals surface area contributed by atoms with E-state index in [9.17, 15) is 0 Å². The van der Waals surface area contributed by atoms with E-state index < -0.39 is 7.26 Å². The van der Waals surface area contributed by atoms with Gasteiger partial charge in [0, 0.05) is 7.26 Å². The molecule has 0 fully saturated rings. The first kappa shape index (κ1) is 8.74. The Labute approximate surface area is 70.0 Å². The van der Waals surface area contributed by atoms with Gasteiger partial charge in [0.2, 0.25) is 0 Å². The molecule has 1 heteroatoms. The molecule has 0 amide bonds. The summed E-state index contributed by atoms with van der Waals surface area (Å²) in [7, 11) is -0.806. The van der Waals surface area contributed by atoms with Gasteiger partial charge in [0.1, 0.15) is 0 Å². The molecule has 0 atom stereocenters. The van der Waals surface area contributed by atoms with Crippen molar-refractivity contribution in [3.8, 4) is 0 Å². The summed E-state index contributed by atoms with van der Waals surface area (Å²) in [6.45, 7) is 9.26. The Hall–Kier alpha value is -0.350. The molecule has 0 aliphatic heterocycles. The molecule has 0 aromatic heterocycles. The van der Waals surface area contributed by atoms with Gasteiger partial charge in [0.05, 0.1) is 25.3 Å². The van der Waals surface area contributed by atoms with E-state index in [1.807, 2.05) is 0 Å². The van der Waals surface area contributed by atoms with Gasteiger partial charge >= 0.3 is 0 Å². The maximum Gasteiger partial charge on any atom is 0.0959 e. The van der Waals surface area contributed by atoms with Gasteiger partial charge in [-0.2, -0.15) is 0 Å². The van der Waals surface area contributed by atoms with Crippen LogP contribution in [0.2, 0.25) is 0 Å². The summed E-state index contributed by atoms with van der Waals surface area (Å²) in [6.07, 6.45) is 0. The molecule has 0 saturated carbocycles. The molecule has 0 heterocycles. The number of benzene rings is 1. The third-order valence-corrected chi connectivity index (χ3v) is 3.79. The fraction of sp³-hybridized carbons (Fsp3) is 0.400. The van der Waals surface area contributed by atoms with Crippen molar-refractivity contribution in [3.05, 3.63) is 29.8 Å². The van der Waals surface area contributed by atoms with Crippen LogP contribution in [0.5, 0.6) is 0 Å². The molecule has 60 valence electrons. The lowest BCUT2D eigenvalue weighted by Gasteiger charge is -2.13. The maximum absolute atomic E-state index is 2.36. The Balaban J connectivity index is 3.14. The Morgan fingerprint density at radius 2 is 1.55 bits per heavy atom. The molecule has 0 nitrogen and oxygen atoms in total. The quantitative estimate of drug-likeness (QED) is 0.564. The molecule has 0 aliphatic rings. The highest BCUT2D eigenvalue weighted by Crippen LogP contribution is 2.45. The molecule has 0 saturated heterocycles. The van der Waals surface area contributed by atoms with E-state index in [-0.39, 0.29) is 0 Å². The SMILES string of the molecule is Cc1ccccc1[P+](C)(C)C. The van der Waals surface area contributed by atoms with Crippen LogP contribution in [0.4, 0.5) is 0 Å². The first-order chi connectivity index (χ1) is 5.02. The molecule has 0 radical (unpaired) electrons. The van der Waals surface area contributed by atoms with Gasteiger partial charge in [0.15, 0.2) is 0 Å². The lowest BCUT2D eigenvalue weighted by atomic mass is 10.2. The molecule has 0 N–H and O–H groups in total. The highest BCUT2D eigenvalue weighted by Gasteiger charge is 2.22. The van der Waals surface area contributed by atoms with Crippen molar-refractivity contribution in [2.24, 2.45) is 0 Å². The molecule has 1 aromatic rings. The molecule has 11 heavy (non-hydrogen) atoms. The lowest BCUT2D eigenvalue weighted by Crippen LogP contribution is -2.10. The predicted molar refractivity (Wildman–Crippen MR) is 55.5 cm³/mol. The third kappa shape index (κ3) is 2.04. The van der Waals surface area contributed by atoms with Crippen LogP contribution in [0.3, 0.4) is 0 Å². The summed E-state index contributed by atoms with van der Waals surface area (Å²) in [4.78, 5) is 0. The van der Waals surface area contributed by atoms with Gasteiger partial charge in [0.25, 0.3) is 0 Å². The second-order valence-electron chi connectivity index (χ2n) is 3.80. The van der Waals surface area contributed by atoms with Crippen LogP contribution in [0, 0.1) is 6.92 Å². The van der Waals surface area contributed by atoms with Crippen LogP contribution < -0.4 is 5.30 Å². The molecule has 0 spiro atoms.